The molecule has 1 aromatic heterocycles. The quantitative estimate of drug-likeness (QED) is 0.261. The van der Waals surface area contributed by atoms with Crippen LogP contribution in [0.5, 0.6) is 0 Å². The first-order valence-electron chi connectivity index (χ1n) is 9.29. The van der Waals surface area contributed by atoms with Crippen LogP contribution in [0, 0.1) is 10.1 Å². The van der Waals surface area contributed by atoms with Crippen molar-refractivity contribution in [2.45, 2.75) is 29.9 Å². The van der Waals surface area contributed by atoms with Crippen LogP contribution in [0.2, 0.25) is 0 Å². The summed E-state index contributed by atoms with van der Waals surface area (Å²) in [6.45, 7) is 0.506. The number of nitrogens with zero attached hydrogens (tertiary/aromatic N) is 2. The lowest BCUT2D eigenvalue weighted by Gasteiger charge is -2.25. The second-order valence-corrected chi connectivity index (χ2v) is 10.1. The minimum absolute atomic E-state index is 0.142. The molecular formula is C19H20N2O7S2. The summed E-state index contributed by atoms with van der Waals surface area (Å²) in [4.78, 5) is 34.7. The summed E-state index contributed by atoms with van der Waals surface area (Å²) < 4.78 is 31.9. The van der Waals surface area contributed by atoms with E-state index in [4.69, 9.17) is 4.74 Å². The highest BCUT2D eigenvalue weighted by atomic mass is 32.2. The average molecular weight is 453 g/mol. The number of non-ortho nitro benzene ring substituents is 1. The van der Waals surface area contributed by atoms with Gasteiger partial charge in [0.25, 0.3) is 15.7 Å². The lowest BCUT2D eigenvalue weighted by molar-refractivity contribution is -0.384. The Morgan fingerprint density at radius 2 is 1.73 bits per heavy atom. The van der Waals surface area contributed by atoms with Crippen molar-refractivity contribution >= 4 is 38.8 Å². The Labute approximate surface area is 177 Å². The van der Waals surface area contributed by atoms with E-state index in [9.17, 15) is 28.1 Å². The Morgan fingerprint density at radius 1 is 1.07 bits per heavy atom. The van der Waals surface area contributed by atoms with Gasteiger partial charge in [0, 0.05) is 35.7 Å². The maximum absolute atomic E-state index is 12.7. The molecule has 1 saturated heterocycles. The fourth-order valence-corrected chi connectivity index (χ4v) is 6.03. The summed E-state index contributed by atoms with van der Waals surface area (Å²) in [5.74, 6) is -1.15. The number of hydrogen-bond acceptors (Lipinski definition) is 8. The third-order valence-electron chi connectivity index (χ3n) is 4.63. The van der Waals surface area contributed by atoms with Gasteiger partial charge in [0.2, 0.25) is 0 Å². The summed E-state index contributed by atoms with van der Waals surface area (Å²) in [6.07, 6.45) is 2.55. The van der Waals surface area contributed by atoms with Gasteiger partial charge in [-0.15, -0.1) is 11.3 Å². The van der Waals surface area contributed by atoms with E-state index in [0.717, 1.165) is 30.6 Å². The van der Waals surface area contributed by atoms with Crippen LogP contribution in [0.15, 0.2) is 40.6 Å². The minimum Gasteiger partial charge on any atom is -0.457 e. The van der Waals surface area contributed by atoms with Gasteiger partial charge in [-0.25, -0.2) is 8.42 Å². The molecule has 0 bridgehead atoms. The Kier molecular flexibility index (Phi) is 6.95. The topological polar surface area (TPSA) is 124 Å². The van der Waals surface area contributed by atoms with Crippen LogP contribution >= 0.6 is 11.3 Å². The monoisotopic (exact) mass is 452 g/mol. The zero-order valence-electron chi connectivity index (χ0n) is 16.0. The molecule has 0 aliphatic carbocycles. The SMILES string of the molecule is O=C(Cc1ccc(S(=O)(=O)N2CCCCC2)s1)OCC(=O)c1ccc([N+](=O)[O-])cc1. The van der Waals surface area contributed by atoms with Gasteiger partial charge in [0.15, 0.2) is 12.4 Å². The van der Waals surface area contributed by atoms with Gasteiger partial charge in [0.05, 0.1) is 11.3 Å². The Bertz CT molecular complexity index is 1040. The van der Waals surface area contributed by atoms with Crippen molar-refractivity contribution in [3.63, 3.8) is 0 Å². The minimum atomic E-state index is -3.55. The Morgan fingerprint density at radius 3 is 2.37 bits per heavy atom. The molecule has 11 heteroatoms. The smallest absolute Gasteiger partial charge is 0.311 e. The van der Waals surface area contributed by atoms with Gasteiger partial charge in [-0.2, -0.15) is 4.31 Å². The maximum atomic E-state index is 12.7. The molecule has 0 spiro atoms. The lowest BCUT2D eigenvalue weighted by atomic mass is 10.1. The molecular weight excluding hydrogens is 432 g/mol. The van der Waals surface area contributed by atoms with Crippen molar-refractivity contribution in [3.8, 4) is 0 Å². The van der Waals surface area contributed by atoms with Crippen LogP contribution in [0.25, 0.3) is 0 Å². The highest BCUT2D eigenvalue weighted by Crippen LogP contribution is 2.27. The molecule has 0 N–H and O–H groups in total. The van der Waals surface area contributed by atoms with E-state index >= 15 is 0 Å². The molecule has 1 aromatic carbocycles. The van der Waals surface area contributed by atoms with E-state index in [0.29, 0.717) is 18.0 Å². The number of Topliss-reactive ketones (excluding diaryl/α,β-unsaturated/α-hetero) is 1. The van der Waals surface area contributed by atoms with Crippen molar-refractivity contribution in [3.05, 3.63) is 57.0 Å². The van der Waals surface area contributed by atoms with Gasteiger partial charge >= 0.3 is 5.97 Å². The highest BCUT2D eigenvalue weighted by molar-refractivity contribution is 7.91. The number of hydrogen-bond donors (Lipinski definition) is 0. The molecule has 0 saturated carbocycles. The fraction of sp³-hybridized carbons (Fsp3) is 0.368. The standard InChI is InChI=1S/C19H20N2O7S2/c22-17(14-4-6-15(7-5-14)21(24)25)13-28-18(23)12-16-8-9-19(29-16)30(26,27)20-10-2-1-3-11-20/h4-9H,1-3,10-13H2. The van der Waals surface area contributed by atoms with Gasteiger partial charge in [-0.05, 0) is 37.1 Å². The molecule has 30 heavy (non-hydrogen) atoms. The molecule has 0 unspecified atom stereocenters. The van der Waals surface area contributed by atoms with E-state index in [-0.39, 0.29) is 21.9 Å². The van der Waals surface area contributed by atoms with Crippen LogP contribution in [-0.4, -0.2) is 49.1 Å². The third kappa shape index (κ3) is 5.29. The number of esters is 1. The van der Waals surface area contributed by atoms with Crippen molar-refractivity contribution < 1.29 is 27.7 Å². The first kappa shape index (κ1) is 22.1. The normalized spacial score (nSPS) is 14.9. The first-order valence-corrected chi connectivity index (χ1v) is 11.5. The molecule has 2 aromatic rings. The molecule has 0 atom stereocenters. The summed E-state index contributed by atoms with van der Waals surface area (Å²) in [7, 11) is -3.55. The van der Waals surface area contributed by atoms with Gasteiger partial charge in [0.1, 0.15) is 4.21 Å². The van der Waals surface area contributed by atoms with E-state index in [1.54, 1.807) is 6.07 Å². The first-order chi connectivity index (χ1) is 14.3. The number of carbonyl (C=O) groups excluding carboxylic acids is 2. The summed E-state index contributed by atoms with van der Waals surface area (Å²) >= 11 is 1.02. The summed E-state index contributed by atoms with van der Waals surface area (Å²) in [5, 5.41) is 10.6. The summed E-state index contributed by atoms with van der Waals surface area (Å²) in [6, 6.07) is 8.05. The number of benzene rings is 1. The molecule has 1 fully saturated rings. The van der Waals surface area contributed by atoms with E-state index < -0.39 is 33.3 Å². The number of rotatable bonds is 8. The molecule has 0 radical (unpaired) electrons. The second kappa shape index (κ2) is 9.45. The zero-order chi connectivity index (χ0) is 21.7. The van der Waals surface area contributed by atoms with Gasteiger partial charge in [-0.1, -0.05) is 6.42 Å². The Hall–Kier alpha value is -2.63. The van der Waals surface area contributed by atoms with E-state index in [2.05, 4.69) is 0 Å². The maximum Gasteiger partial charge on any atom is 0.311 e. The summed E-state index contributed by atoms with van der Waals surface area (Å²) in [5.41, 5.74) is 0.0518. The van der Waals surface area contributed by atoms with Crippen molar-refractivity contribution in [1.29, 1.82) is 0 Å². The van der Waals surface area contributed by atoms with Gasteiger partial charge in [-0.3, -0.25) is 19.7 Å². The number of ketones is 1. The van der Waals surface area contributed by atoms with Crippen molar-refractivity contribution in [2.75, 3.05) is 19.7 Å². The van der Waals surface area contributed by atoms with Crippen LogP contribution in [0.3, 0.4) is 0 Å². The Balaban J connectivity index is 1.54. The van der Waals surface area contributed by atoms with E-state index in [1.807, 2.05) is 0 Å². The zero-order valence-corrected chi connectivity index (χ0v) is 17.6. The number of sulfonamides is 1. The van der Waals surface area contributed by atoms with Crippen LogP contribution in [-0.2, 0) is 26.0 Å². The molecule has 1 aliphatic rings. The van der Waals surface area contributed by atoms with Crippen molar-refractivity contribution in [2.24, 2.45) is 0 Å². The number of carbonyl (C=O) groups is 2. The van der Waals surface area contributed by atoms with E-state index in [1.165, 1.54) is 34.6 Å². The molecule has 160 valence electrons. The largest absolute Gasteiger partial charge is 0.457 e. The number of nitro groups is 1. The average Bonchev–Trinajstić information content (AvgIpc) is 3.22. The molecule has 0 amide bonds. The van der Waals surface area contributed by atoms with Crippen molar-refractivity contribution in [1.82, 2.24) is 4.31 Å². The molecule has 9 nitrogen and oxygen atoms in total. The number of piperidine rings is 1. The number of thiophene rings is 1. The van der Waals surface area contributed by atoms with Crippen LogP contribution in [0.1, 0.15) is 34.5 Å². The van der Waals surface area contributed by atoms with Crippen LogP contribution in [0.4, 0.5) is 5.69 Å². The van der Waals surface area contributed by atoms with Crippen LogP contribution < -0.4 is 0 Å². The molecule has 2 heterocycles. The lowest BCUT2D eigenvalue weighted by Crippen LogP contribution is -2.35. The molecule has 3 rings (SSSR count). The highest BCUT2D eigenvalue weighted by Gasteiger charge is 2.27. The van der Waals surface area contributed by atoms with Gasteiger partial charge < -0.3 is 4.74 Å². The fourth-order valence-electron chi connectivity index (χ4n) is 3.02. The number of ether oxygens (including phenoxy) is 1. The predicted octanol–water partition coefficient (Wildman–Crippen LogP) is 2.80. The predicted molar refractivity (Wildman–Crippen MR) is 109 cm³/mol. The second-order valence-electron chi connectivity index (χ2n) is 6.75. The number of nitro benzene ring substituents is 1. The third-order valence-corrected chi connectivity index (χ3v) is 8.08. The molecule has 1 aliphatic heterocycles.